The number of aryl methyl sites for hydroxylation is 1. The van der Waals surface area contributed by atoms with Crippen LogP contribution in [0.3, 0.4) is 0 Å². The van der Waals surface area contributed by atoms with E-state index in [1.54, 1.807) is 0 Å². The first-order valence-corrected chi connectivity index (χ1v) is 9.82. The zero-order chi connectivity index (χ0) is 20.9. The number of nitrogens with zero attached hydrogens (tertiary/aromatic N) is 2. The molecular weight excluding hydrogens is 366 g/mol. The van der Waals surface area contributed by atoms with Gasteiger partial charge in [0.25, 0.3) is 0 Å². The summed E-state index contributed by atoms with van der Waals surface area (Å²) in [5.41, 5.74) is 2.73. The maximum atomic E-state index is 12.4. The van der Waals surface area contributed by atoms with Crippen molar-refractivity contribution in [1.29, 1.82) is 0 Å². The molecule has 29 heavy (non-hydrogen) atoms. The van der Waals surface area contributed by atoms with Crippen molar-refractivity contribution in [2.75, 3.05) is 11.9 Å². The lowest BCUT2D eigenvalue weighted by Crippen LogP contribution is -2.18. The van der Waals surface area contributed by atoms with Gasteiger partial charge in [0.1, 0.15) is 5.75 Å². The predicted octanol–water partition coefficient (Wildman–Crippen LogP) is 5.00. The SMILES string of the molecule is CCOc1ccc(-c2noc(CCC(=O)Nc3ccccc3C(C)(C)C)n2)cc1. The molecule has 0 aliphatic rings. The number of carbonyl (C=O) groups excluding carboxylic acids is 1. The van der Waals surface area contributed by atoms with E-state index >= 15 is 0 Å². The Morgan fingerprint density at radius 1 is 1.10 bits per heavy atom. The van der Waals surface area contributed by atoms with Crippen LogP contribution in [-0.2, 0) is 16.6 Å². The molecule has 0 unspecified atom stereocenters. The Balaban J connectivity index is 1.59. The number of amides is 1. The van der Waals surface area contributed by atoms with Gasteiger partial charge in [-0.2, -0.15) is 4.98 Å². The molecule has 0 saturated heterocycles. The summed E-state index contributed by atoms with van der Waals surface area (Å²) >= 11 is 0. The zero-order valence-corrected chi connectivity index (χ0v) is 17.4. The third-order valence-corrected chi connectivity index (χ3v) is 4.47. The topological polar surface area (TPSA) is 77.2 Å². The van der Waals surface area contributed by atoms with Crippen LogP contribution in [0.15, 0.2) is 53.1 Å². The minimum atomic E-state index is -0.0810. The van der Waals surface area contributed by atoms with E-state index in [4.69, 9.17) is 9.26 Å². The Kier molecular flexibility index (Phi) is 6.32. The monoisotopic (exact) mass is 393 g/mol. The maximum Gasteiger partial charge on any atom is 0.227 e. The van der Waals surface area contributed by atoms with Gasteiger partial charge in [0, 0.05) is 24.1 Å². The Morgan fingerprint density at radius 2 is 1.83 bits per heavy atom. The number of para-hydroxylation sites is 1. The fourth-order valence-corrected chi connectivity index (χ4v) is 3.02. The molecule has 3 rings (SSSR count). The van der Waals surface area contributed by atoms with Crippen LogP contribution in [-0.4, -0.2) is 22.7 Å². The summed E-state index contributed by atoms with van der Waals surface area (Å²) < 4.78 is 10.7. The summed E-state index contributed by atoms with van der Waals surface area (Å²) in [6.45, 7) is 8.93. The molecular formula is C23H27N3O3. The van der Waals surface area contributed by atoms with E-state index in [0.717, 1.165) is 22.6 Å². The molecule has 6 nitrogen and oxygen atoms in total. The van der Waals surface area contributed by atoms with Gasteiger partial charge in [-0.1, -0.05) is 44.1 Å². The first kappa shape index (κ1) is 20.6. The Morgan fingerprint density at radius 3 is 2.52 bits per heavy atom. The van der Waals surface area contributed by atoms with Crippen molar-refractivity contribution < 1.29 is 14.1 Å². The van der Waals surface area contributed by atoms with Gasteiger partial charge >= 0.3 is 0 Å². The summed E-state index contributed by atoms with van der Waals surface area (Å²) in [5.74, 6) is 1.66. The molecule has 0 spiro atoms. The zero-order valence-electron chi connectivity index (χ0n) is 17.4. The number of benzene rings is 2. The van der Waals surface area contributed by atoms with Gasteiger partial charge < -0.3 is 14.6 Å². The minimum Gasteiger partial charge on any atom is -0.494 e. The highest BCUT2D eigenvalue weighted by Crippen LogP contribution is 2.29. The first-order chi connectivity index (χ1) is 13.9. The molecule has 0 saturated carbocycles. The van der Waals surface area contributed by atoms with Gasteiger partial charge in [-0.15, -0.1) is 0 Å². The molecule has 0 aliphatic carbocycles. The minimum absolute atomic E-state index is 0.0526. The van der Waals surface area contributed by atoms with Crippen molar-refractivity contribution in [3.63, 3.8) is 0 Å². The number of anilines is 1. The lowest BCUT2D eigenvalue weighted by Gasteiger charge is -2.22. The molecule has 152 valence electrons. The molecule has 3 aromatic rings. The molecule has 1 heterocycles. The van der Waals surface area contributed by atoms with Gasteiger partial charge in [0.15, 0.2) is 0 Å². The lowest BCUT2D eigenvalue weighted by atomic mass is 9.86. The smallest absolute Gasteiger partial charge is 0.227 e. The average molecular weight is 393 g/mol. The first-order valence-electron chi connectivity index (χ1n) is 9.82. The van der Waals surface area contributed by atoms with E-state index in [-0.39, 0.29) is 17.7 Å². The largest absolute Gasteiger partial charge is 0.494 e. The number of carbonyl (C=O) groups is 1. The van der Waals surface area contributed by atoms with Crippen LogP contribution in [0.4, 0.5) is 5.69 Å². The van der Waals surface area contributed by atoms with Crippen LogP contribution in [0.1, 0.15) is 45.6 Å². The summed E-state index contributed by atoms with van der Waals surface area (Å²) in [6.07, 6.45) is 0.650. The second-order valence-corrected chi connectivity index (χ2v) is 7.81. The third kappa shape index (κ3) is 5.44. The Hall–Kier alpha value is -3.15. The maximum absolute atomic E-state index is 12.4. The second kappa shape index (κ2) is 8.90. The van der Waals surface area contributed by atoms with Gasteiger partial charge in [-0.05, 0) is 48.2 Å². The van der Waals surface area contributed by atoms with E-state index in [1.807, 2.05) is 55.5 Å². The van der Waals surface area contributed by atoms with E-state index < -0.39 is 0 Å². The fraction of sp³-hybridized carbons (Fsp3) is 0.348. The standard InChI is InChI=1S/C23H27N3O3/c1-5-28-17-12-10-16(11-13-17)22-25-21(29-26-22)15-14-20(27)24-19-9-7-6-8-18(19)23(2,3)4/h6-13H,5,14-15H2,1-4H3,(H,24,27). The van der Waals surface area contributed by atoms with Crippen molar-refractivity contribution in [3.8, 4) is 17.1 Å². The molecule has 6 heteroatoms. The lowest BCUT2D eigenvalue weighted by molar-refractivity contribution is -0.116. The average Bonchev–Trinajstić information content (AvgIpc) is 3.16. The van der Waals surface area contributed by atoms with E-state index in [2.05, 4.69) is 36.2 Å². The highest BCUT2D eigenvalue weighted by atomic mass is 16.5. The van der Waals surface area contributed by atoms with Gasteiger partial charge in [-0.25, -0.2) is 0 Å². The molecule has 1 amide bonds. The van der Waals surface area contributed by atoms with Crippen LogP contribution in [0.2, 0.25) is 0 Å². The summed E-state index contributed by atoms with van der Waals surface area (Å²) in [7, 11) is 0. The van der Waals surface area contributed by atoms with Crippen LogP contribution in [0.25, 0.3) is 11.4 Å². The predicted molar refractivity (Wildman–Crippen MR) is 113 cm³/mol. The van der Waals surface area contributed by atoms with Crippen molar-refractivity contribution in [1.82, 2.24) is 10.1 Å². The van der Waals surface area contributed by atoms with E-state index in [9.17, 15) is 4.79 Å². The normalized spacial score (nSPS) is 11.3. The third-order valence-electron chi connectivity index (χ3n) is 4.47. The molecule has 0 fully saturated rings. The molecule has 0 aliphatic heterocycles. The number of rotatable bonds is 7. The van der Waals surface area contributed by atoms with E-state index in [0.29, 0.717) is 24.7 Å². The molecule has 0 bridgehead atoms. The van der Waals surface area contributed by atoms with Crippen molar-refractivity contribution in [2.45, 2.75) is 46.0 Å². The van der Waals surface area contributed by atoms with Crippen molar-refractivity contribution in [3.05, 3.63) is 60.0 Å². The molecule has 2 aromatic carbocycles. The summed E-state index contributed by atoms with van der Waals surface area (Å²) in [5, 5.41) is 7.01. The fourth-order valence-electron chi connectivity index (χ4n) is 3.02. The molecule has 1 aromatic heterocycles. The van der Waals surface area contributed by atoms with Crippen molar-refractivity contribution >= 4 is 11.6 Å². The second-order valence-electron chi connectivity index (χ2n) is 7.81. The molecule has 1 N–H and O–H groups in total. The van der Waals surface area contributed by atoms with Crippen LogP contribution < -0.4 is 10.1 Å². The van der Waals surface area contributed by atoms with Gasteiger partial charge in [0.2, 0.25) is 17.6 Å². The Bertz CT molecular complexity index is 956. The quantitative estimate of drug-likeness (QED) is 0.611. The van der Waals surface area contributed by atoms with E-state index in [1.165, 1.54) is 0 Å². The number of aromatic nitrogens is 2. The number of ether oxygens (including phenoxy) is 1. The Labute approximate surface area is 171 Å². The van der Waals surface area contributed by atoms with Crippen LogP contribution >= 0.6 is 0 Å². The summed E-state index contributed by atoms with van der Waals surface area (Å²) in [4.78, 5) is 16.8. The highest BCUT2D eigenvalue weighted by molar-refractivity contribution is 5.91. The highest BCUT2D eigenvalue weighted by Gasteiger charge is 2.19. The van der Waals surface area contributed by atoms with Crippen molar-refractivity contribution in [2.24, 2.45) is 0 Å². The van der Waals surface area contributed by atoms with Crippen LogP contribution in [0, 0.1) is 0 Å². The summed E-state index contributed by atoms with van der Waals surface area (Å²) in [6, 6.07) is 15.4. The molecule has 0 atom stereocenters. The number of hydrogen-bond donors (Lipinski definition) is 1. The number of nitrogens with one attached hydrogen (secondary N) is 1. The number of hydrogen-bond acceptors (Lipinski definition) is 5. The van der Waals surface area contributed by atoms with Gasteiger partial charge in [-0.3, -0.25) is 4.79 Å². The molecule has 0 radical (unpaired) electrons. The van der Waals surface area contributed by atoms with Gasteiger partial charge in [0.05, 0.1) is 6.61 Å². The van der Waals surface area contributed by atoms with Crippen LogP contribution in [0.5, 0.6) is 5.75 Å².